The fourth-order valence-electron chi connectivity index (χ4n) is 2.73. The van der Waals surface area contributed by atoms with Crippen LogP contribution in [0.5, 0.6) is 0 Å². The first-order valence-corrected chi connectivity index (χ1v) is 9.71. The van der Waals surface area contributed by atoms with Gasteiger partial charge in [0.15, 0.2) is 0 Å². The highest BCUT2D eigenvalue weighted by molar-refractivity contribution is 7.89. The monoisotopic (exact) mass is 362 g/mol. The van der Waals surface area contributed by atoms with Crippen LogP contribution in [-0.2, 0) is 21.4 Å². The second-order valence-corrected chi connectivity index (χ2v) is 7.61. The Labute approximate surface area is 148 Å². The highest BCUT2D eigenvalue weighted by Gasteiger charge is 2.17. The first-order valence-electron chi connectivity index (χ1n) is 8.16. The van der Waals surface area contributed by atoms with Crippen molar-refractivity contribution in [1.82, 2.24) is 10.6 Å². The molecule has 0 saturated heterocycles. The van der Waals surface area contributed by atoms with E-state index in [0.29, 0.717) is 6.54 Å². The van der Waals surface area contributed by atoms with E-state index in [9.17, 15) is 13.2 Å². The molecule has 2 rings (SSSR count). The van der Waals surface area contributed by atoms with Crippen molar-refractivity contribution in [2.24, 2.45) is 5.14 Å². The molecule has 7 nitrogen and oxygen atoms in total. The summed E-state index contributed by atoms with van der Waals surface area (Å²) in [6.07, 6.45) is 6.68. The number of nitriles is 1. The minimum absolute atomic E-state index is 0.0201. The predicted octanol–water partition coefficient (Wildman–Crippen LogP) is 1.28. The van der Waals surface area contributed by atoms with Gasteiger partial charge in [0.05, 0.1) is 4.90 Å². The fraction of sp³-hybridized carbons (Fsp3) is 0.412. The molecular weight excluding hydrogens is 340 g/mol. The zero-order valence-electron chi connectivity index (χ0n) is 13.9. The van der Waals surface area contributed by atoms with Crippen molar-refractivity contribution in [3.8, 4) is 6.07 Å². The van der Waals surface area contributed by atoms with E-state index in [1.165, 1.54) is 24.8 Å². The van der Waals surface area contributed by atoms with Crippen LogP contribution in [0.3, 0.4) is 0 Å². The molecule has 0 bridgehead atoms. The minimum atomic E-state index is -3.71. The number of carbonyl (C=O) groups excluding carboxylic acids is 1. The molecule has 8 heteroatoms. The SMILES string of the molecule is N#C/C(=C/NCc1ccc(S(N)(=O)=O)cc1)C(=O)NC1CCCCC1. The Morgan fingerprint density at radius 2 is 1.88 bits per heavy atom. The van der Waals surface area contributed by atoms with E-state index >= 15 is 0 Å². The van der Waals surface area contributed by atoms with Gasteiger partial charge in [-0.25, -0.2) is 13.6 Å². The summed E-state index contributed by atoms with van der Waals surface area (Å²) in [4.78, 5) is 12.2. The molecular formula is C17H22N4O3S. The van der Waals surface area contributed by atoms with Crippen molar-refractivity contribution in [3.05, 3.63) is 41.6 Å². The predicted molar refractivity (Wildman–Crippen MR) is 93.4 cm³/mol. The molecule has 0 aromatic heterocycles. The second kappa shape index (κ2) is 8.65. The fourth-order valence-corrected chi connectivity index (χ4v) is 3.24. The van der Waals surface area contributed by atoms with Gasteiger partial charge in [-0.3, -0.25) is 4.79 Å². The average Bonchev–Trinajstić information content (AvgIpc) is 2.59. The summed E-state index contributed by atoms with van der Waals surface area (Å²) in [6.45, 7) is 0.354. The van der Waals surface area contributed by atoms with E-state index in [1.807, 2.05) is 6.07 Å². The van der Waals surface area contributed by atoms with Crippen molar-refractivity contribution in [3.63, 3.8) is 0 Å². The molecule has 1 aliphatic rings. The number of nitrogens with two attached hydrogens (primary N) is 1. The van der Waals surface area contributed by atoms with Crippen LogP contribution in [0, 0.1) is 11.3 Å². The van der Waals surface area contributed by atoms with Gasteiger partial charge in [-0.2, -0.15) is 5.26 Å². The Morgan fingerprint density at radius 3 is 2.44 bits per heavy atom. The average molecular weight is 362 g/mol. The largest absolute Gasteiger partial charge is 0.386 e. The first kappa shape index (κ1) is 19.0. The van der Waals surface area contributed by atoms with Crippen molar-refractivity contribution in [2.45, 2.75) is 49.6 Å². The summed E-state index contributed by atoms with van der Waals surface area (Å²) in [6, 6.07) is 8.11. The maximum absolute atomic E-state index is 12.1. The van der Waals surface area contributed by atoms with Crippen LogP contribution in [0.15, 0.2) is 40.9 Å². The van der Waals surface area contributed by atoms with E-state index in [0.717, 1.165) is 31.2 Å². The normalized spacial score (nSPS) is 16.1. The molecule has 0 spiro atoms. The maximum atomic E-state index is 12.1. The third kappa shape index (κ3) is 5.89. The van der Waals surface area contributed by atoms with Gasteiger partial charge in [-0.15, -0.1) is 0 Å². The molecule has 1 amide bonds. The molecule has 0 aliphatic heterocycles. The third-order valence-electron chi connectivity index (χ3n) is 4.11. The van der Waals surface area contributed by atoms with Crippen LogP contribution >= 0.6 is 0 Å². The second-order valence-electron chi connectivity index (χ2n) is 6.05. The van der Waals surface area contributed by atoms with Crippen LogP contribution in [0.1, 0.15) is 37.7 Å². The Bertz CT molecular complexity index is 773. The lowest BCUT2D eigenvalue weighted by Gasteiger charge is -2.22. The highest BCUT2D eigenvalue weighted by atomic mass is 32.2. The zero-order valence-corrected chi connectivity index (χ0v) is 14.7. The van der Waals surface area contributed by atoms with Gasteiger partial charge >= 0.3 is 0 Å². The van der Waals surface area contributed by atoms with Crippen LogP contribution in [0.25, 0.3) is 0 Å². The van der Waals surface area contributed by atoms with E-state index in [1.54, 1.807) is 12.1 Å². The number of primary sulfonamides is 1. The van der Waals surface area contributed by atoms with Gasteiger partial charge in [0, 0.05) is 18.8 Å². The van der Waals surface area contributed by atoms with Crippen LogP contribution in [0.2, 0.25) is 0 Å². The molecule has 134 valence electrons. The van der Waals surface area contributed by atoms with Crippen LogP contribution in [0.4, 0.5) is 0 Å². The summed E-state index contributed by atoms with van der Waals surface area (Å²) < 4.78 is 22.4. The van der Waals surface area contributed by atoms with Gasteiger partial charge in [0.2, 0.25) is 10.0 Å². The number of benzene rings is 1. The van der Waals surface area contributed by atoms with Gasteiger partial charge in [-0.1, -0.05) is 31.4 Å². The van der Waals surface area contributed by atoms with E-state index < -0.39 is 10.0 Å². The van der Waals surface area contributed by atoms with Crippen molar-refractivity contribution >= 4 is 15.9 Å². The topological polar surface area (TPSA) is 125 Å². The quantitative estimate of drug-likeness (QED) is 0.519. The molecule has 1 aromatic rings. The maximum Gasteiger partial charge on any atom is 0.263 e. The number of hydrogen-bond acceptors (Lipinski definition) is 5. The minimum Gasteiger partial charge on any atom is -0.386 e. The summed E-state index contributed by atoms with van der Waals surface area (Å²) in [5, 5.41) is 20.0. The van der Waals surface area contributed by atoms with Gasteiger partial charge in [0.1, 0.15) is 11.6 Å². The van der Waals surface area contributed by atoms with Crippen molar-refractivity contribution in [1.29, 1.82) is 5.26 Å². The molecule has 1 aliphatic carbocycles. The first-order chi connectivity index (χ1) is 11.9. The molecule has 0 heterocycles. The summed E-state index contributed by atoms with van der Waals surface area (Å²) >= 11 is 0. The Morgan fingerprint density at radius 1 is 1.24 bits per heavy atom. The van der Waals surface area contributed by atoms with Crippen LogP contribution in [-0.4, -0.2) is 20.4 Å². The number of nitrogens with zero attached hydrogens (tertiary/aromatic N) is 1. The molecule has 1 aromatic carbocycles. The molecule has 0 unspecified atom stereocenters. The number of amides is 1. The Kier molecular flexibility index (Phi) is 6.56. The molecule has 4 N–H and O–H groups in total. The lowest BCUT2D eigenvalue weighted by atomic mass is 9.95. The number of rotatable bonds is 6. The molecule has 0 radical (unpaired) electrons. The van der Waals surface area contributed by atoms with Crippen molar-refractivity contribution in [2.75, 3.05) is 0 Å². The third-order valence-corrected chi connectivity index (χ3v) is 5.04. The van der Waals surface area contributed by atoms with E-state index in [2.05, 4.69) is 10.6 Å². The number of hydrogen-bond donors (Lipinski definition) is 3. The molecule has 25 heavy (non-hydrogen) atoms. The lowest BCUT2D eigenvalue weighted by molar-refractivity contribution is -0.118. The van der Waals surface area contributed by atoms with Gasteiger partial charge in [-0.05, 0) is 30.5 Å². The molecule has 0 atom stereocenters. The van der Waals surface area contributed by atoms with E-state index in [-0.39, 0.29) is 22.4 Å². The standard InChI is InChI=1S/C17H22N4O3S/c18-10-14(17(22)21-15-4-2-1-3-5-15)12-20-11-13-6-8-16(9-7-13)25(19,23)24/h6-9,12,15,20H,1-5,11H2,(H,21,22)(H2,19,23,24)/b14-12-. The van der Waals surface area contributed by atoms with Gasteiger partial charge < -0.3 is 10.6 Å². The number of carbonyl (C=O) groups is 1. The zero-order chi connectivity index (χ0) is 18.3. The number of nitrogens with one attached hydrogen (secondary N) is 2. The molecule has 1 saturated carbocycles. The van der Waals surface area contributed by atoms with Gasteiger partial charge in [0.25, 0.3) is 5.91 Å². The smallest absolute Gasteiger partial charge is 0.263 e. The molecule has 1 fully saturated rings. The van der Waals surface area contributed by atoms with E-state index in [4.69, 9.17) is 10.4 Å². The summed E-state index contributed by atoms with van der Waals surface area (Å²) in [7, 11) is -3.71. The van der Waals surface area contributed by atoms with Crippen LogP contribution < -0.4 is 15.8 Å². The lowest BCUT2D eigenvalue weighted by Crippen LogP contribution is -2.37. The van der Waals surface area contributed by atoms with Crippen molar-refractivity contribution < 1.29 is 13.2 Å². The summed E-state index contributed by atoms with van der Waals surface area (Å²) in [5.41, 5.74) is 0.820. The Balaban J connectivity index is 1.90. The Hall–Kier alpha value is -2.37. The summed E-state index contributed by atoms with van der Waals surface area (Å²) in [5.74, 6) is -0.369. The highest BCUT2D eigenvalue weighted by Crippen LogP contribution is 2.17. The number of sulfonamides is 1.